The summed E-state index contributed by atoms with van der Waals surface area (Å²) in [5.74, 6) is -1.47. The minimum absolute atomic E-state index is 0.133. The van der Waals surface area contributed by atoms with Gasteiger partial charge in [-0.05, 0) is 43.5 Å². The Kier molecular flexibility index (Phi) is 3.75. The molecular formula is C14H18FNO3. The van der Waals surface area contributed by atoms with Crippen LogP contribution in [0.1, 0.15) is 31.7 Å². The Hall–Kier alpha value is -1.62. The Morgan fingerprint density at radius 3 is 2.79 bits per heavy atom. The predicted octanol–water partition coefficient (Wildman–Crippen LogP) is 2.36. The van der Waals surface area contributed by atoms with Crippen LogP contribution in [0, 0.1) is 5.82 Å². The van der Waals surface area contributed by atoms with E-state index in [1.54, 1.807) is 0 Å². The molecular weight excluding hydrogens is 249 g/mol. The summed E-state index contributed by atoms with van der Waals surface area (Å²) in [6.07, 6.45) is 1.95. The van der Waals surface area contributed by atoms with E-state index in [2.05, 4.69) is 0 Å². The van der Waals surface area contributed by atoms with Gasteiger partial charge in [0.05, 0.1) is 0 Å². The van der Waals surface area contributed by atoms with Crippen LogP contribution in [0.5, 0.6) is 5.75 Å². The fourth-order valence-corrected chi connectivity index (χ4v) is 2.90. The van der Waals surface area contributed by atoms with Gasteiger partial charge in [0.15, 0.2) is 0 Å². The third kappa shape index (κ3) is 2.56. The number of rotatable bonds is 4. The molecule has 2 N–H and O–H groups in total. The van der Waals surface area contributed by atoms with Crippen molar-refractivity contribution >= 4 is 5.97 Å². The average Bonchev–Trinajstić information content (AvgIpc) is 2.71. The Morgan fingerprint density at radius 2 is 2.21 bits per heavy atom. The molecule has 1 saturated heterocycles. The lowest BCUT2D eigenvalue weighted by Crippen LogP contribution is -2.49. The topological polar surface area (TPSA) is 60.8 Å². The van der Waals surface area contributed by atoms with Crippen LogP contribution in [0.3, 0.4) is 0 Å². The molecule has 1 aromatic rings. The Bertz CT molecular complexity index is 471. The monoisotopic (exact) mass is 267 g/mol. The molecule has 0 radical (unpaired) electrons. The van der Waals surface area contributed by atoms with E-state index < -0.39 is 17.3 Å². The zero-order valence-electron chi connectivity index (χ0n) is 10.9. The first-order chi connectivity index (χ1) is 8.98. The molecule has 1 unspecified atom stereocenters. The van der Waals surface area contributed by atoms with Crippen LogP contribution in [-0.4, -0.2) is 33.2 Å². The maximum atomic E-state index is 13.2. The SMILES string of the molecule is CCC1(C(=O)O)CCCN1Cc1cc(O)cc(F)c1. The normalized spacial score (nSPS) is 23.7. The second-order valence-corrected chi connectivity index (χ2v) is 5.03. The van der Waals surface area contributed by atoms with Gasteiger partial charge in [0.25, 0.3) is 0 Å². The molecule has 0 spiro atoms. The Balaban J connectivity index is 2.24. The predicted molar refractivity (Wildman–Crippen MR) is 68.4 cm³/mol. The van der Waals surface area contributed by atoms with Crippen LogP contribution < -0.4 is 0 Å². The quantitative estimate of drug-likeness (QED) is 0.879. The van der Waals surface area contributed by atoms with Gasteiger partial charge in [-0.25, -0.2) is 4.39 Å². The standard InChI is InChI=1S/C14H18FNO3/c1-2-14(13(18)19)4-3-5-16(14)9-10-6-11(15)8-12(17)7-10/h6-8,17H,2-5,9H2,1H3,(H,18,19). The van der Waals surface area contributed by atoms with Gasteiger partial charge in [-0.3, -0.25) is 9.69 Å². The molecule has 1 aliphatic rings. The first-order valence-electron chi connectivity index (χ1n) is 6.45. The summed E-state index contributed by atoms with van der Waals surface area (Å²) in [4.78, 5) is 13.4. The zero-order valence-corrected chi connectivity index (χ0v) is 10.9. The Labute approximate surface area is 111 Å². The lowest BCUT2D eigenvalue weighted by atomic mass is 9.92. The second-order valence-electron chi connectivity index (χ2n) is 5.03. The van der Waals surface area contributed by atoms with Crippen molar-refractivity contribution in [1.29, 1.82) is 0 Å². The van der Waals surface area contributed by atoms with E-state index in [0.717, 1.165) is 12.5 Å². The van der Waals surface area contributed by atoms with Crippen molar-refractivity contribution in [3.8, 4) is 5.75 Å². The molecule has 1 aromatic carbocycles. The highest BCUT2D eigenvalue weighted by Crippen LogP contribution is 2.34. The van der Waals surface area contributed by atoms with E-state index in [1.165, 1.54) is 12.1 Å². The minimum atomic E-state index is -0.859. The number of carboxylic acid groups (broad SMARTS) is 1. The third-order valence-corrected chi connectivity index (χ3v) is 3.92. The highest BCUT2D eigenvalue weighted by atomic mass is 19.1. The Morgan fingerprint density at radius 1 is 1.47 bits per heavy atom. The van der Waals surface area contributed by atoms with E-state index in [0.29, 0.717) is 31.5 Å². The number of carbonyl (C=O) groups is 1. The highest BCUT2D eigenvalue weighted by molar-refractivity contribution is 5.79. The molecule has 19 heavy (non-hydrogen) atoms. The highest BCUT2D eigenvalue weighted by Gasteiger charge is 2.45. The summed E-state index contributed by atoms with van der Waals surface area (Å²) in [5.41, 5.74) is -0.263. The molecule has 1 heterocycles. The average molecular weight is 267 g/mol. The maximum Gasteiger partial charge on any atom is 0.324 e. The van der Waals surface area contributed by atoms with Gasteiger partial charge in [-0.15, -0.1) is 0 Å². The van der Waals surface area contributed by atoms with Crippen molar-refractivity contribution in [2.24, 2.45) is 0 Å². The molecule has 0 bridgehead atoms. The molecule has 0 aliphatic carbocycles. The van der Waals surface area contributed by atoms with Crippen LogP contribution in [-0.2, 0) is 11.3 Å². The first-order valence-corrected chi connectivity index (χ1v) is 6.45. The van der Waals surface area contributed by atoms with Crippen LogP contribution in [0.25, 0.3) is 0 Å². The van der Waals surface area contributed by atoms with Crippen molar-refractivity contribution in [2.45, 2.75) is 38.3 Å². The van der Waals surface area contributed by atoms with Crippen LogP contribution in [0.4, 0.5) is 4.39 Å². The fourth-order valence-electron chi connectivity index (χ4n) is 2.90. The van der Waals surface area contributed by atoms with Gasteiger partial charge in [0.1, 0.15) is 17.1 Å². The molecule has 4 nitrogen and oxygen atoms in total. The van der Waals surface area contributed by atoms with E-state index in [4.69, 9.17) is 0 Å². The van der Waals surface area contributed by atoms with Gasteiger partial charge in [0.2, 0.25) is 0 Å². The smallest absolute Gasteiger partial charge is 0.324 e. The number of phenols is 1. The van der Waals surface area contributed by atoms with E-state index in [9.17, 15) is 19.4 Å². The van der Waals surface area contributed by atoms with E-state index in [-0.39, 0.29) is 5.75 Å². The van der Waals surface area contributed by atoms with Crippen LogP contribution in [0.2, 0.25) is 0 Å². The number of phenolic OH excluding ortho intramolecular Hbond substituents is 1. The first kappa shape index (κ1) is 13.8. The minimum Gasteiger partial charge on any atom is -0.508 e. The van der Waals surface area contributed by atoms with Crippen molar-refractivity contribution in [1.82, 2.24) is 4.90 Å². The number of carboxylic acids is 1. The molecule has 0 saturated carbocycles. The van der Waals surface area contributed by atoms with Gasteiger partial charge in [0, 0.05) is 12.6 Å². The molecule has 104 valence electrons. The second kappa shape index (κ2) is 5.17. The molecule has 0 amide bonds. The summed E-state index contributed by atoms with van der Waals surface area (Å²) >= 11 is 0. The largest absolute Gasteiger partial charge is 0.508 e. The van der Waals surface area contributed by atoms with E-state index >= 15 is 0 Å². The van der Waals surface area contributed by atoms with Gasteiger partial charge < -0.3 is 10.2 Å². The number of benzene rings is 1. The number of halogens is 1. The molecule has 1 atom stereocenters. The molecule has 1 fully saturated rings. The van der Waals surface area contributed by atoms with E-state index in [1.807, 2.05) is 11.8 Å². The zero-order chi connectivity index (χ0) is 14.0. The molecule has 0 aromatic heterocycles. The number of aromatic hydroxyl groups is 1. The van der Waals surface area contributed by atoms with Gasteiger partial charge in [-0.2, -0.15) is 0 Å². The van der Waals surface area contributed by atoms with Crippen LogP contribution >= 0.6 is 0 Å². The summed E-state index contributed by atoms with van der Waals surface area (Å²) in [6, 6.07) is 3.85. The van der Waals surface area contributed by atoms with Crippen LogP contribution in [0.15, 0.2) is 18.2 Å². The van der Waals surface area contributed by atoms with Crippen molar-refractivity contribution in [3.05, 3.63) is 29.6 Å². The summed E-state index contributed by atoms with van der Waals surface area (Å²) in [6.45, 7) is 2.87. The number of hydrogen-bond acceptors (Lipinski definition) is 3. The fraction of sp³-hybridized carbons (Fsp3) is 0.500. The lowest BCUT2D eigenvalue weighted by Gasteiger charge is -2.33. The summed E-state index contributed by atoms with van der Waals surface area (Å²) in [5, 5.41) is 18.8. The summed E-state index contributed by atoms with van der Waals surface area (Å²) < 4.78 is 13.2. The third-order valence-electron chi connectivity index (χ3n) is 3.92. The number of likely N-dealkylation sites (tertiary alicyclic amines) is 1. The molecule has 2 rings (SSSR count). The van der Waals surface area contributed by atoms with Gasteiger partial charge in [-0.1, -0.05) is 6.92 Å². The number of aliphatic carboxylic acids is 1. The van der Waals surface area contributed by atoms with Crippen molar-refractivity contribution in [3.63, 3.8) is 0 Å². The molecule has 5 heteroatoms. The molecule has 1 aliphatic heterocycles. The van der Waals surface area contributed by atoms with Gasteiger partial charge >= 0.3 is 5.97 Å². The lowest BCUT2D eigenvalue weighted by molar-refractivity contribution is -0.150. The maximum absolute atomic E-state index is 13.2. The van der Waals surface area contributed by atoms with Crippen molar-refractivity contribution in [2.75, 3.05) is 6.54 Å². The summed E-state index contributed by atoms with van der Waals surface area (Å²) in [7, 11) is 0. The van der Waals surface area contributed by atoms with Crippen molar-refractivity contribution < 1.29 is 19.4 Å². The number of hydrogen-bond donors (Lipinski definition) is 2. The number of nitrogens with zero attached hydrogens (tertiary/aromatic N) is 1.